The Hall–Kier alpha value is -1.95. The van der Waals surface area contributed by atoms with Gasteiger partial charge in [-0.1, -0.05) is 12.8 Å². The number of aromatic nitrogens is 1. The average molecular weight is 345 g/mol. The van der Waals surface area contributed by atoms with Crippen molar-refractivity contribution < 1.29 is 9.59 Å². The summed E-state index contributed by atoms with van der Waals surface area (Å²) in [5, 5.41) is 2.78. The first-order valence-electron chi connectivity index (χ1n) is 8.51. The van der Waals surface area contributed by atoms with Gasteiger partial charge in [0.25, 0.3) is 11.8 Å². The number of hydrogen-bond donors (Lipinski definition) is 1. The molecule has 1 aromatic rings. The van der Waals surface area contributed by atoms with Gasteiger partial charge >= 0.3 is 0 Å². The number of aryl methyl sites for hydroxylation is 1. The van der Waals surface area contributed by atoms with Gasteiger partial charge in [0.15, 0.2) is 5.11 Å². The van der Waals surface area contributed by atoms with Crippen LogP contribution in [0.15, 0.2) is 11.6 Å². The molecule has 0 spiro atoms. The maximum atomic E-state index is 12.5. The van der Waals surface area contributed by atoms with Crippen LogP contribution in [0.1, 0.15) is 55.6 Å². The maximum absolute atomic E-state index is 12.5. The first-order chi connectivity index (χ1) is 11.4. The molecule has 1 N–H and O–H groups in total. The first-order valence-corrected chi connectivity index (χ1v) is 8.92. The molecule has 2 heterocycles. The number of likely N-dealkylation sites (N-methyl/N-ethyl adjacent to an activating group) is 1. The zero-order valence-corrected chi connectivity index (χ0v) is 15.2. The summed E-state index contributed by atoms with van der Waals surface area (Å²) in [5.74, 6) is -0.739. The van der Waals surface area contributed by atoms with E-state index in [0.29, 0.717) is 12.6 Å². The van der Waals surface area contributed by atoms with Crippen molar-refractivity contribution in [3.8, 4) is 0 Å². The summed E-state index contributed by atoms with van der Waals surface area (Å²) in [6.07, 6.45) is 6.63. The first kappa shape index (κ1) is 16.9. The molecule has 1 aliphatic carbocycles. The normalized spacial score (nSPS) is 21.0. The van der Waals surface area contributed by atoms with Gasteiger partial charge in [0.2, 0.25) is 0 Å². The number of amides is 2. The van der Waals surface area contributed by atoms with Crippen LogP contribution in [0.4, 0.5) is 0 Å². The van der Waals surface area contributed by atoms with Crippen molar-refractivity contribution in [2.24, 2.45) is 0 Å². The zero-order chi connectivity index (χ0) is 17.4. The number of nitrogens with one attached hydrogen (secondary N) is 1. The van der Waals surface area contributed by atoms with Crippen LogP contribution >= 0.6 is 12.2 Å². The number of hydrogen-bond acceptors (Lipinski definition) is 3. The van der Waals surface area contributed by atoms with Crippen LogP contribution in [0.5, 0.6) is 0 Å². The largest absolute Gasteiger partial charge is 0.346 e. The Bertz CT molecular complexity index is 742. The Kier molecular flexibility index (Phi) is 4.58. The minimum atomic E-state index is -0.416. The third-order valence-electron chi connectivity index (χ3n) is 5.02. The molecule has 0 atom stereocenters. The van der Waals surface area contributed by atoms with E-state index in [4.69, 9.17) is 12.2 Å². The average Bonchev–Trinajstić information content (AvgIpc) is 3.12. The molecule has 3 rings (SSSR count). The van der Waals surface area contributed by atoms with Crippen molar-refractivity contribution in [2.75, 3.05) is 6.54 Å². The molecule has 24 heavy (non-hydrogen) atoms. The Labute approximate surface area is 147 Å². The fourth-order valence-corrected chi connectivity index (χ4v) is 4.11. The summed E-state index contributed by atoms with van der Waals surface area (Å²) in [7, 11) is 0. The smallest absolute Gasteiger partial charge is 0.265 e. The van der Waals surface area contributed by atoms with Crippen LogP contribution in [-0.2, 0) is 9.59 Å². The number of thiocarbonyl (C=S) groups is 1. The van der Waals surface area contributed by atoms with E-state index in [-0.39, 0.29) is 16.6 Å². The standard InChI is InChI=1S/C18H23N3O2S/c1-4-20-17(23)15(16(22)19-18(20)24)10-13-9-11(2)21(12(13)3)14-7-5-6-8-14/h9-10,14H,4-8H2,1-3H3,(H,19,22,24)/b15-10-. The highest BCUT2D eigenvalue weighted by molar-refractivity contribution is 7.80. The van der Waals surface area contributed by atoms with Gasteiger partial charge in [-0.3, -0.25) is 19.8 Å². The van der Waals surface area contributed by atoms with E-state index in [1.807, 2.05) is 6.92 Å². The zero-order valence-electron chi connectivity index (χ0n) is 14.4. The highest BCUT2D eigenvalue weighted by Crippen LogP contribution is 2.34. The summed E-state index contributed by atoms with van der Waals surface area (Å²) in [5.41, 5.74) is 3.38. The van der Waals surface area contributed by atoms with Crippen LogP contribution in [0.25, 0.3) is 6.08 Å². The van der Waals surface area contributed by atoms with Crippen LogP contribution in [-0.4, -0.2) is 32.9 Å². The number of carbonyl (C=O) groups is 2. The summed E-state index contributed by atoms with van der Waals surface area (Å²) < 4.78 is 2.35. The van der Waals surface area contributed by atoms with Crippen LogP contribution in [0.3, 0.4) is 0 Å². The fraction of sp³-hybridized carbons (Fsp3) is 0.500. The van der Waals surface area contributed by atoms with E-state index in [1.165, 1.54) is 36.3 Å². The lowest BCUT2D eigenvalue weighted by molar-refractivity contribution is -0.128. The Balaban J connectivity index is 1.98. The SMILES string of the molecule is CCN1C(=O)/C(=C\c2cc(C)n(C3CCCC3)c2C)C(=O)NC1=S. The minimum absolute atomic E-state index is 0.150. The molecule has 0 radical (unpaired) electrons. The van der Waals surface area contributed by atoms with E-state index in [2.05, 4.69) is 29.8 Å². The topological polar surface area (TPSA) is 54.3 Å². The summed E-state index contributed by atoms with van der Waals surface area (Å²) in [6, 6.07) is 2.59. The highest BCUT2D eigenvalue weighted by Gasteiger charge is 2.32. The summed E-state index contributed by atoms with van der Waals surface area (Å²) in [6.45, 7) is 6.43. The second-order valence-electron chi connectivity index (χ2n) is 6.50. The van der Waals surface area contributed by atoms with Gasteiger partial charge in [-0.2, -0.15) is 0 Å². The lowest BCUT2D eigenvalue weighted by Crippen LogP contribution is -2.53. The predicted octanol–water partition coefficient (Wildman–Crippen LogP) is 2.87. The van der Waals surface area contributed by atoms with Gasteiger partial charge < -0.3 is 4.57 Å². The Morgan fingerprint density at radius 1 is 1.29 bits per heavy atom. The number of carbonyl (C=O) groups excluding carboxylic acids is 2. The van der Waals surface area contributed by atoms with E-state index >= 15 is 0 Å². The Morgan fingerprint density at radius 2 is 1.96 bits per heavy atom. The van der Waals surface area contributed by atoms with Crippen molar-refractivity contribution in [2.45, 2.75) is 52.5 Å². The third kappa shape index (κ3) is 2.79. The van der Waals surface area contributed by atoms with Crippen molar-refractivity contribution in [3.05, 3.63) is 28.6 Å². The third-order valence-corrected chi connectivity index (χ3v) is 5.34. The second kappa shape index (κ2) is 6.51. The van der Waals surface area contributed by atoms with Crippen molar-refractivity contribution in [3.63, 3.8) is 0 Å². The van der Waals surface area contributed by atoms with Gasteiger partial charge in [0.05, 0.1) is 0 Å². The molecule has 1 saturated carbocycles. The molecule has 6 heteroatoms. The summed E-state index contributed by atoms with van der Waals surface area (Å²) >= 11 is 5.06. The quantitative estimate of drug-likeness (QED) is 0.521. The molecular formula is C18H23N3O2S. The molecule has 0 aromatic carbocycles. The Morgan fingerprint density at radius 3 is 2.58 bits per heavy atom. The molecule has 1 aromatic heterocycles. The maximum Gasteiger partial charge on any atom is 0.265 e. The lowest BCUT2D eigenvalue weighted by atomic mass is 10.1. The van der Waals surface area contributed by atoms with E-state index < -0.39 is 5.91 Å². The molecule has 5 nitrogen and oxygen atoms in total. The van der Waals surface area contributed by atoms with Gasteiger partial charge in [-0.15, -0.1) is 0 Å². The lowest BCUT2D eigenvalue weighted by Gasteiger charge is -2.27. The molecular weight excluding hydrogens is 322 g/mol. The molecule has 2 aliphatic rings. The van der Waals surface area contributed by atoms with E-state index in [1.54, 1.807) is 6.08 Å². The van der Waals surface area contributed by atoms with Gasteiger partial charge in [0.1, 0.15) is 5.57 Å². The van der Waals surface area contributed by atoms with Crippen LogP contribution in [0, 0.1) is 13.8 Å². The second-order valence-corrected chi connectivity index (χ2v) is 6.89. The number of nitrogens with zero attached hydrogens (tertiary/aromatic N) is 2. The van der Waals surface area contributed by atoms with Gasteiger partial charge in [-0.05, 0) is 63.5 Å². The highest BCUT2D eigenvalue weighted by atomic mass is 32.1. The molecule has 2 fully saturated rings. The van der Waals surface area contributed by atoms with E-state index in [9.17, 15) is 9.59 Å². The summed E-state index contributed by atoms with van der Waals surface area (Å²) in [4.78, 5) is 26.2. The number of rotatable bonds is 3. The van der Waals surface area contributed by atoms with Crippen molar-refractivity contribution in [1.82, 2.24) is 14.8 Å². The van der Waals surface area contributed by atoms with Crippen LogP contribution < -0.4 is 5.32 Å². The molecule has 128 valence electrons. The van der Waals surface area contributed by atoms with Crippen LogP contribution in [0.2, 0.25) is 0 Å². The van der Waals surface area contributed by atoms with Crippen molar-refractivity contribution in [1.29, 1.82) is 0 Å². The van der Waals surface area contributed by atoms with Gasteiger partial charge in [-0.25, -0.2) is 0 Å². The minimum Gasteiger partial charge on any atom is -0.346 e. The van der Waals surface area contributed by atoms with Gasteiger partial charge in [0, 0.05) is 24.0 Å². The molecule has 0 bridgehead atoms. The monoisotopic (exact) mass is 345 g/mol. The fourth-order valence-electron chi connectivity index (χ4n) is 3.81. The molecule has 0 unspecified atom stereocenters. The van der Waals surface area contributed by atoms with E-state index in [0.717, 1.165) is 11.3 Å². The molecule has 1 aliphatic heterocycles. The molecule has 2 amide bonds. The van der Waals surface area contributed by atoms with Crippen molar-refractivity contribution >= 4 is 35.2 Å². The predicted molar refractivity (Wildman–Crippen MR) is 97.5 cm³/mol. The molecule has 1 saturated heterocycles.